The van der Waals surface area contributed by atoms with E-state index in [4.69, 9.17) is 0 Å². The summed E-state index contributed by atoms with van der Waals surface area (Å²) in [6.45, 7) is 7.80. The largest absolute Gasteiger partial charge is 0.396 e. The van der Waals surface area contributed by atoms with E-state index in [0.29, 0.717) is 5.92 Å². The fourth-order valence-corrected chi connectivity index (χ4v) is 3.48. The van der Waals surface area contributed by atoms with E-state index in [1.165, 1.54) is 18.4 Å². The van der Waals surface area contributed by atoms with Crippen LogP contribution in [0.2, 0.25) is 0 Å². The van der Waals surface area contributed by atoms with E-state index in [-0.39, 0.29) is 6.61 Å². The third-order valence-corrected chi connectivity index (χ3v) is 4.68. The first-order valence-electron chi connectivity index (χ1n) is 8.91. The van der Waals surface area contributed by atoms with Gasteiger partial charge in [-0.1, -0.05) is 30.3 Å². The number of benzene rings is 1. The standard InChI is InChI=1S/C19H33N3O/c1-20-10-6-12-22(16-18-8-4-3-5-9-18)13-7-11-21(2)15-19(14-20)17-23/h3-5,8-9,19,23H,6-7,10-17H2,1-2H3. The van der Waals surface area contributed by atoms with E-state index in [0.717, 1.165) is 45.8 Å². The highest BCUT2D eigenvalue weighted by Gasteiger charge is 2.15. The zero-order valence-electron chi connectivity index (χ0n) is 14.8. The summed E-state index contributed by atoms with van der Waals surface area (Å²) in [5, 5.41) is 9.58. The van der Waals surface area contributed by atoms with Gasteiger partial charge in [0, 0.05) is 32.2 Å². The fraction of sp³-hybridized carbons (Fsp3) is 0.684. The summed E-state index contributed by atoms with van der Waals surface area (Å²) in [6, 6.07) is 10.8. The van der Waals surface area contributed by atoms with Crippen LogP contribution in [0.3, 0.4) is 0 Å². The topological polar surface area (TPSA) is 30.0 Å². The minimum atomic E-state index is 0.287. The molecule has 0 aliphatic carbocycles. The van der Waals surface area contributed by atoms with Gasteiger partial charge >= 0.3 is 0 Å². The molecule has 0 amide bonds. The first-order chi connectivity index (χ1) is 11.2. The van der Waals surface area contributed by atoms with Crippen molar-refractivity contribution in [2.45, 2.75) is 19.4 Å². The lowest BCUT2D eigenvalue weighted by atomic mass is 10.1. The molecule has 4 nitrogen and oxygen atoms in total. The second kappa shape index (κ2) is 10.0. The Labute approximate surface area is 141 Å². The third kappa shape index (κ3) is 7.00. The molecule has 1 N–H and O–H groups in total. The van der Waals surface area contributed by atoms with Crippen LogP contribution in [0.25, 0.3) is 0 Å². The molecular weight excluding hydrogens is 286 g/mol. The molecule has 0 saturated carbocycles. The molecular formula is C19H33N3O. The maximum atomic E-state index is 9.58. The molecule has 1 aromatic carbocycles. The Kier molecular flexibility index (Phi) is 8.03. The number of hydrogen-bond donors (Lipinski definition) is 1. The van der Waals surface area contributed by atoms with Crippen molar-refractivity contribution < 1.29 is 5.11 Å². The van der Waals surface area contributed by atoms with Gasteiger partial charge in [0.25, 0.3) is 0 Å². The third-order valence-electron chi connectivity index (χ3n) is 4.68. The van der Waals surface area contributed by atoms with Crippen molar-refractivity contribution in [3.63, 3.8) is 0 Å². The van der Waals surface area contributed by atoms with Crippen LogP contribution in [0.4, 0.5) is 0 Å². The first kappa shape index (κ1) is 18.4. The zero-order chi connectivity index (χ0) is 16.5. The SMILES string of the molecule is CN1CCCN(Cc2ccccc2)CCCN(C)CC(CO)C1. The predicted octanol–water partition coefficient (Wildman–Crippen LogP) is 1.75. The Hall–Kier alpha value is -0.940. The zero-order valence-corrected chi connectivity index (χ0v) is 14.8. The van der Waals surface area contributed by atoms with Gasteiger partial charge in [-0.15, -0.1) is 0 Å². The number of aliphatic hydroxyl groups excluding tert-OH is 1. The summed E-state index contributed by atoms with van der Waals surface area (Å²) >= 11 is 0. The summed E-state index contributed by atoms with van der Waals surface area (Å²) in [6.07, 6.45) is 2.38. The molecule has 130 valence electrons. The molecule has 1 aromatic rings. The fourth-order valence-electron chi connectivity index (χ4n) is 3.48. The van der Waals surface area contributed by atoms with Gasteiger partial charge in [-0.05, 0) is 58.7 Å². The molecule has 4 heteroatoms. The van der Waals surface area contributed by atoms with Crippen molar-refractivity contribution in [1.29, 1.82) is 0 Å². The summed E-state index contributed by atoms with van der Waals surface area (Å²) in [4.78, 5) is 7.33. The summed E-state index contributed by atoms with van der Waals surface area (Å²) in [7, 11) is 4.35. The van der Waals surface area contributed by atoms with Gasteiger partial charge in [-0.2, -0.15) is 0 Å². The molecule has 0 bridgehead atoms. The van der Waals surface area contributed by atoms with Crippen LogP contribution in [-0.2, 0) is 6.54 Å². The summed E-state index contributed by atoms with van der Waals surface area (Å²) in [5.74, 6) is 0.366. The number of nitrogens with zero attached hydrogens (tertiary/aromatic N) is 3. The Morgan fingerprint density at radius 3 is 2.00 bits per heavy atom. The van der Waals surface area contributed by atoms with E-state index in [2.05, 4.69) is 59.1 Å². The van der Waals surface area contributed by atoms with Crippen LogP contribution >= 0.6 is 0 Å². The second-order valence-corrected chi connectivity index (χ2v) is 7.04. The van der Waals surface area contributed by atoms with Gasteiger partial charge < -0.3 is 14.9 Å². The van der Waals surface area contributed by atoms with Gasteiger partial charge in [0.1, 0.15) is 0 Å². The molecule has 1 aliphatic rings. The van der Waals surface area contributed by atoms with Crippen molar-refractivity contribution in [2.24, 2.45) is 5.92 Å². The van der Waals surface area contributed by atoms with E-state index < -0.39 is 0 Å². The Bertz CT molecular complexity index is 408. The lowest BCUT2D eigenvalue weighted by Crippen LogP contribution is -2.39. The highest BCUT2D eigenvalue weighted by atomic mass is 16.3. The molecule has 0 aromatic heterocycles. The van der Waals surface area contributed by atoms with Gasteiger partial charge in [0.05, 0.1) is 0 Å². The molecule has 0 spiro atoms. The van der Waals surface area contributed by atoms with Crippen LogP contribution in [0.1, 0.15) is 18.4 Å². The minimum absolute atomic E-state index is 0.287. The van der Waals surface area contributed by atoms with Gasteiger partial charge in [-0.25, -0.2) is 0 Å². The lowest BCUT2D eigenvalue weighted by molar-refractivity contribution is 0.130. The number of rotatable bonds is 3. The van der Waals surface area contributed by atoms with Crippen LogP contribution in [0.5, 0.6) is 0 Å². The second-order valence-electron chi connectivity index (χ2n) is 7.04. The average molecular weight is 319 g/mol. The quantitative estimate of drug-likeness (QED) is 0.919. The van der Waals surface area contributed by atoms with Gasteiger partial charge in [-0.3, -0.25) is 4.90 Å². The maximum absolute atomic E-state index is 9.58. The van der Waals surface area contributed by atoms with E-state index in [9.17, 15) is 5.11 Å². The monoisotopic (exact) mass is 319 g/mol. The van der Waals surface area contributed by atoms with Crippen molar-refractivity contribution >= 4 is 0 Å². The highest BCUT2D eigenvalue weighted by molar-refractivity contribution is 5.14. The smallest absolute Gasteiger partial charge is 0.0483 e. The number of hydrogen-bond acceptors (Lipinski definition) is 4. The van der Waals surface area contributed by atoms with E-state index in [1.54, 1.807) is 0 Å². The Balaban J connectivity index is 1.91. The van der Waals surface area contributed by atoms with E-state index in [1.807, 2.05) is 0 Å². The molecule has 0 radical (unpaired) electrons. The van der Waals surface area contributed by atoms with Gasteiger partial charge in [0.15, 0.2) is 0 Å². The Morgan fingerprint density at radius 1 is 0.913 bits per heavy atom. The normalized spacial score (nSPS) is 21.7. The maximum Gasteiger partial charge on any atom is 0.0483 e. The molecule has 2 rings (SSSR count). The molecule has 23 heavy (non-hydrogen) atoms. The molecule has 0 atom stereocenters. The Morgan fingerprint density at radius 2 is 1.48 bits per heavy atom. The first-order valence-corrected chi connectivity index (χ1v) is 8.91. The predicted molar refractivity (Wildman–Crippen MR) is 96.5 cm³/mol. The van der Waals surface area contributed by atoms with Crippen LogP contribution in [-0.4, -0.2) is 79.8 Å². The lowest BCUT2D eigenvalue weighted by Gasteiger charge is -2.30. The van der Waals surface area contributed by atoms with Crippen molar-refractivity contribution in [3.8, 4) is 0 Å². The van der Waals surface area contributed by atoms with E-state index >= 15 is 0 Å². The van der Waals surface area contributed by atoms with Crippen LogP contribution in [0, 0.1) is 5.92 Å². The highest BCUT2D eigenvalue weighted by Crippen LogP contribution is 2.09. The molecule has 1 heterocycles. The summed E-state index contributed by atoms with van der Waals surface area (Å²) < 4.78 is 0. The van der Waals surface area contributed by atoms with Crippen LogP contribution in [0.15, 0.2) is 30.3 Å². The van der Waals surface area contributed by atoms with Crippen molar-refractivity contribution in [2.75, 3.05) is 60.0 Å². The van der Waals surface area contributed by atoms with Crippen molar-refractivity contribution in [3.05, 3.63) is 35.9 Å². The van der Waals surface area contributed by atoms with Crippen LogP contribution < -0.4 is 0 Å². The van der Waals surface area contributed by atoms with Crippen molar-refractivity contribution in [1.82, 2.24) is 14.7 Å². The number of aliphatic hydroxyl groups is 1. The average Bonchev–Trinajstić information content (AvgIpc) is 2.54. The minimum Gasteiger partial charge on any atom is -0.396 e. The van der Waals surface area contributed by atoms with Gasteiger partial charge in [0.2, 0.25) is 0 Å². The molecule has 1 fully saturated rings. The molecule has 1 aliphatic heterocycles. The molecule has 0 unspecified atom stereocenters. The molecule has 1 saturated heterocycles. The summed E-state index contributed by atoms with van der Waals surface area (Å²) in [5.41, 5.74) is 1.40.